The van der Waals surface area contributed by atoms with Crippen LogP contribution in [-0.2, 0) is 4.79 Å². The second-order valence-electron chi connectivity index (χ2n) is 6.45. The third-order valence-corrected chi connectivity index (χ3v) is 4.41. The predicted molar refractivity (Wildman–Crippen MR) is 100 cm³/mol. The van der Waals surface area contributed by atoms with Crippen LogP contribution < -0.4 is 5.32 Å². The zero-order valence-corrected chi connectivity index (χ0v) is 15.4. The lowest BCUT2D eigenvalue weighted by molar-refractivity contribution is -0.137. The molecule has 144 valence electrons. The molecule has 2 N–H and O–H groups in total. The maximum atomic E-state index is 14.3. The molecule has 0 aliphatic rings. The molecule has 0 radical (unpaired) electrons. The van der Waals surface area contributed by atoms with E-state index >= 15 is 0 Å². The van der Waals surface area contributed by atoms with Crippen molar-refractivity contribution in [2.75, 3.05) is 0 Å². The van der Waals surface area contributed by atoms with Crippen LogP contribution >= 0.6 is 0 Å². The number of nitrogens with zero attached hydrogens (tertiary/aromatic N) is 1. The molecule has 6 nitrogen and oxygen atoms in total. The van der Waals surface area contributed by atoms with Crippen molar-refractivity contribution in [3.8, 4) is 11.5 Å². The van der Waals surface area contributed by atoms with Crippen molar-refractivity contribution in [1.29, 1.82) is 0 Å². The number of aromatic nitrogens is 1. The number of amides is 1. The number of oxazole rings is 1. The molecule has 3 rings (SSSR count). The molecular formula is C21H19FN2O4. The van der Waals surface area contributed by atoms with E-state index in [2.05, 4.69) is 10.3 Å². The van der Waals surface area contributed by atoms with Gasteiger partial charge in [-0.25, -0.2) is 9.37 Å². The Labute approximate surface area is 161 Å². The van der Waals surface area contributed by atoms with Gasteiger partial charge in [0, 0.05) is 0 Å². The Hall–Kier alpha value is -3.48. The number of hydrogen-bond acceptors (Lipinski definition) is 4. The van der Waals surface area contributed by atoms with E-state index in [0.29, 0.717) is 11.1 Å². The summed E-state index contributed by atoms with van der Waals surface area (Å²) in [6.45, 7) is 3.46. The lowest BCUT2D eigenvalue weighted by Gasteiger charge is -2.18. The molecule has 1 amide bonds. The molecule has 1 atom stereocenters. The van der Waals surface area contributed by atoms with E-state index < -0.39 is 23.7 Å². The maximum Gasteiger partial charge on any atom is 0.305 e. The molecule has 3 aromatic rings. The average Bonchev–Trinajstić information content (AvgIpc) is 3.13. The normalized spacial score (nSPS) is 11.8. The number of nitrogens with one attached hydrogen (secondary N) is 1. The summed E-state index contributed by atoms with van der Waals surface area (Å²) in [5.41, 5.74) is 2.09. The van der Waals surface area contributed by atoms with Gasteiger partial charge in [-0.3, -0.25) is 9.59 Å². The van der Waals surface area contributed by atoms with Gasteiger partial charge >= 0.3 is 5.97 Å². The molecule has 0 saturated heterocycles. The van der Waals surface area contributed by atoms with Gasteiger partial charge in [-0.2, -0.15) is 0 Å². The molecule has 2 aromatic carbocycles. The predicted octanol–water partition coefficient (Wildman–Crippen LogP) is 4.04. The molecule has 0 unspecified atom stereocenters. The molecule has 1 aromatic heterocycles. The summed E-state index contributed by atoms with van der Waals surface area (Å²) < 4.78 is 19.5. The van der Waals surface area contributed by atoms with Crippen LogP contribution in [0.1, 0.15) is 39.6 Å². The Morgan fingerprint density at radius 1 is 1.14 bits per heavy atom. The summed E-state index contributed by atoms with van der Waals surface area (Å²) in [6, 6.07) is 11.3. The quantitative estimate of drug-likeness (QED) is 0.671. The van der Waals surface area contributed by atoms with E-state index in [1.807, 2.05) is 19.1 Å². The zero-order chi connectivity index (χ0) is 20.3. The summed E-state index contributed by atoms with van der Waals surface area (Å²) in [7, 11) is 0. The summed E-state index contributed by atoms with van der Waals surface area (Å²) >= 11 is 0. The van der Waals surface area contributed by atoms with Crippen molar-refractivity contribution in [2.24, 2.45) is 0 Å². The van der Waals surface area contributed by atoms with Gasteiger partial charge in [0.2, 0.25) is 5.89 Å². The van der Waals surface area contributed by atoms with E-state index in [-0.39, 0.29) is 23.6 Å². The highest BCUT2D eigenvalue weighted by Crippen LogP contribution is 2.25. The highest BCUT2D eigenvalue weighted by atomic mass is 19.1. The van der Waals surface area contributed by atoms with Gasteiger partial charge in [0.25, 0.3) is 5.91 Å². The van der Waals surface area contributed by atoms with Gasteiger partial charge in [0.15, 0.2) is 5.69 Å². The minimum absolute atomic E-state index is 0.0166. The van der Waals surface area contributed by atoms with E-state index in [9.17, 15) is 19.1 Å². The minimum Gasteiger partial charge on any atom is -0.481 e. The maximum absolute atomic E-state index is 14.3. The fraction of sp³-hybridized carbons (Fsp3) is 0.190. The molecule has 0 bridgehead atoms. The largest absolute Gasteiger partial charge is 0.481 e. The fourth-order valence-corrected chi connectivity index (χ4v) is 2.94. The number of carbonyl (C=O) groups is 2. The second kappa shape index (κ2) is 8.04. The monoisotopic (exact) mass is 382 g/mol. The highest BCUT2D eigenvalue weighted by molar-refractivity contribution is 5.93. The number of carboxylic acids is 1. The van der Waals surface area contributed by atoms with Gasteiger partial charge < -0.3 is 14.8 Å². The van der Waals surface area contributed by atoms with Gasteiger partial charge in [0.1, 0.15) is 12.1 Å². The van der Waals surface area contributed by atoms with Crippen molar-refractivity contribution in [3.05, 3.63) is 76.9 Å². The van der Waals surface area contributed by atoms with Crippen molar-refractivity contribution >= 4 is 11.9 Å². The van der Waals surface area contributed by atoms with Crippen LogP contribution in [-0.4, -0.2) is 22.0 Å². The van der Waals surface area contributed by atoms with Crippen LogP contribution in [0.3, 0.4) is 0 Å². The van der Waals surface area contributed by atoms with Crippen molar-refractivity contribution in [3.63, 3.8) is 0 Å². The van der Waals surface area contributed by atoms with E-state index in [4.69, 9.17) is 4.42 Å². The number of carboxylic acid groups (broad SMARTS) is 1. The van der Waals surface area contributed by atoms with E-state index in [1.165, 1.54) is 6.07 Å². The molecule has 0 saturated carbocycles. The van der Waals surface area contributed by atoms with Gasteiger partial charge in [-0.15, -0.1) is 0 Å². The molecule has 0 aliphatic heterocycles. The first-order valence-electron chi connectivity index (χ1n) is 8.66. The first-order valence-corrected chi connectivity index (χ1v) is 8.66. The summed E-state index contributed by atoms with van der Waals surface area (Å²) in [4.78, 5) is 27.9. The first-order chi connectivity index (χ1) is 13.4. The number of hydrogen-bond donors (Lipinski definition) is 2. The van der Waals surface area contributed by atoms with E-state index in [1.54, 1.807) is 31.2 Å². The Bertz CT molecular complexity index is 1030. The third-order valence-electron chi connectivity index (χ3n) is 4.41. The molecule has 0 fully saturated rings. The number of aliphatic carboxylic acids is 1. The van der Waals surface area contributed by atoms with Crippen LogP contribution in [0.15, 0.2) is 53.1 Å². The van der Waals surface area contributed by atoms with E-state index in [0.717, 1.165) is 11.8 Å². The lowest BCUT2D eigenvalue weighted by Crippen LogP contribution is -2.30. The highest BCUT2D eigenvalue weighted by Gasteiger charge is 2.23. The Kier molecular flexibility index (Phi) is 5.54. The molecule has 0 spiro atoms. The minimum atomic E-state index is -1.05. The summed E-state index contributed by atoms with van der Waals surface area (Å²) in [6.07, 6.45) is 0.843. The molecule has 28 heavy (non-hydrogen) atoms. The van der Waals surface area contributed by atoms with Crippen molar-refractivity contribution < 1.29 is 23.5 Å². The lowest BCUT2D eigenvalue weighted by atomic mass is 9.98. The topological polar surface area (TPSA) is 92.4 Å². The number of carbonyl (C=O) groups excluding carboxylic acids is 1. The van der Waals surface area contributed by atoms with Gasteiger partial charge in [-0.1, -0.05) is 36.4 Å². The average molecular weight is 382 g/mol. The fourth-order valence-electron chi connectivity index (χ4n) is 2.94. The molecular weight excluding hydrogens is 363 g/mol. The molecule has 7 heteroatoms. The third kappa shape index (κ3) is 4.09. The number of halogens is 1. The van der Waals surface area contributed by atoms with Crippen molar-refractivity contribution in [1.82, 2.24) is 10.3 Å². The standard InChI is InChI=1S/C21H19FN2O4/c1-12-6-3-4-8-14(12)16(10-18(25)26)23-20(27)17-11-28-21(24-17)15-9-5-7-13(2)19(15)22/h3-9,11,16H,10H2,1-2H3,(H,23,27)(H,25,26)/t16-/m0/s1. The number of aryl methyl sites for hydroxylation is 2. The van der Waals surface area contributed by atoms with Crippen LogP contribution in [0.4, 0.5) is 4.39 Å². The number of rotatable bonds is 6. The van der Waals surface area contributed by atoms with Gasteiger partial charge in [0.05, 0.1) is 18.0 Å². The summed E-state index contributed by atoms with van der Waals surface area (Å²) in [5, 5.41) is 11.9. The van der Waals surface area contributed by atoms with Crippen LogP contribution in [0.5, 0.6) is 0 Å². The first kappa shape index (κ1) is 19.3. The second-order valence-corrected chi connectivity index (χ2v) is 6.45. The molecule has 0 aliphatic carbocycles. The summed E-state index contributed by atoms with van der Waals surface area (Å²) in [5.74, 6) is -2.13. The van der Waals surface area contributed by atoms with Crippen LogP contribution in [0.2, 0.25) is 0 Å². The smallest absolute Gasteiger partial charge is 0.305 e. The van der Waals surface area contributed by atoms with Crippen molar-refractivity contribution in [2.45, 2.75) is 26.3 Å². The Morgan fingerprint density at radius 3 is 2.57 bits per heavy atom. The van der Waals surface area contributed by atoms with Gasteiger partial charge in [-0.05, 0) is 36.6 Å². The zero-order valence-electron chi connectivity index (χ0n) is 15.4. The number of benzene rings is 2. The SMILES string of the molecule is Cc1ccccc1[C@H](CC(=O)O)NC(=O)c1coc(-c2cccc(C)c2F)n1. The Morgan fingerprint density at radius 2 is 1.86 bits per heavy atom. The van der Waals surface area contributed by atoms with Crippen LogP contribution in [0.25, 0.3) is 11.5 Å². The molecule has 1 heterocycles. The Balaban J connectivity index is 1.85. The van der Waals surface area contributed by atoms with Crippen LogP contribution in [0, 0.1) is 19.7 Å².